The van der Waals surface area contributed by atoms with Gasteiger partial charge >= 0.3 is 0 Å². The first-order chi connectivity index (χ1) is 11.3. The Morgan fingerprint density at radius 3 is 2.35 bits per heavy atom. The van der Waals surface area contributed by atoms with E-state index < -0.39 is 0 Å². The number of guanidine groups is 1. The van der Waals surface area contributed by atoms with Crippen LogP contribution in [-0.4, -0.2) is 18.0 Å². The molecule has 0 aliphatic heterocycles. The number of aliphatic imine (C=N–C) groups is 1. The van der Waals surface area contributed by atoms with Gasteiger partial charge in [-0.2, -0.15) is 0 Å². The molecule has 23 heavy (non-hydrogen) atoms. The van der Waals surface area contributed by atoms with Crippen molar-refractivity contribution in [2.75, 3.05) is 5.32 Å². The lowest BCUT2D eigenvalue weighted by Crippen LogP contribution is -2.41. The molecule has 0 bridgehead atoms. The van der Waals surface area contributed by atoms with Crippen molar-refractivity contribution in [3.8, 4) is 0 Å². The summed E-state index contributed by atoms with van der Waals surface area (Å²) in [5.41, 5.74) is 1.09. The quantitative estimate of drug-likeness (QED) is 0.540. The topological polar surface area (TPSA) is 36.4 Å². The van der Waals surface area contributed by atoms with Crippen molar-refractivity contribution >= 4 is 27.6 Å². The molecule has 0 unspecified atom stereocenters. The summed E-state index contributed by atoms with van der Waals surface area (Å²) in [7, 11) is 0. The lowest BCUT2D eigenvalue weighted by atomic mass is 9.95. The largest absolute Gasteiger partial charge is 0.353 e. The maximum atomic E-state index is 5.03. The molecule has 0 amide bonds. The number of hydrogen-bond donors (Lipinski definition) is 2. The van der Waals surface area contributed by atoms with Gasteiger partial charge in [0.15, 0.2) is 5.96 Å². The monoisotopic (exact) mass is 377 g/mol. The van der Waals surface area contributed by atoms with Crippen LogP contribution < -0.4 is 10.6 Å². The van der Waals surface area contributed by atoms with Gasteiger partial charge in [0.2, 0.25) is 0 Å². The summed E-state index contributed by atoms with van der Waals surface area (Å²) in [5.74, 6) is 0.974. The molecule has 0 spiro atoms. The Labute approximate surface area is 148 Å². The molecule has 3 rings (SSSR count). The van der Waals surface area contributed by atoms with Crippen LogP contribution in [0, 0.1) is 0 Å². The van der Waals surface area contributed by atoms with Crippen LogP contribution >= 0.6 is 15.9 Å². The Hall–Kier alpha value is -1.03. The van der Waals surface area contributed by atoms with Crippen LogP contribution in [0.5, 0.6) is 0 Å². The first-order valence-corrected chi connectivity index (χ1v) is 9.96. The van der Waals surface area contributed by atoms with E-state index in [0.29, 0.717) is 12.1 Å². The molecule has 0 atom stereocenters. The highest BCUT2D eigenvalue weighted by Crippen LogP contribution is 2.22. The molecule has 126 valence electrons. The Bertz CT molecular complexity index is 517. The van der Waals surface area contributed by atoms with Gasteiger partial charge in [-0.3, -0.25) is 0 Å². The predicted octanol–water partition coefficient (Wildman–Crippen LogP) is 5.47. The summed E-state index contributed by atoms with van der Waals surface area (Å²) in [6.45, 7) is 0. The summed E-state index contributed by atoms with van der Waals surface area (Å²) in [6, 6.07) is 9.38. The Morgan fingerprint density at radius 2 is 1.65 bits per heavy atom. The standard InChI is InChI=1S/C19H28BrN3/c20-15-8-7-13-18(14-15)23-19(21-16-9-3-1-4-10-16)22-17-11-5-2-6-12-17/h7-8,13-14,16-17H,1-6,9-12H2,(H2,21,22,23). The second-order valence-electron chi connectivity index (χ2n) is 6.88. The van der Waals surface area contributed by atoms with E-state index in [1.54, 1.807) is 0 Å². The average Bonchev–Trinajstić information content (AvgIpc) is 2.57. The summed E-state index contributed by atoms with van der Waals surface area (Å²) >= 11 is 3.55. The number of hydrogen-bond acceptors (Lipinski definition) is 1. The fraction of sp³-hybridized carbons (Fsp3) is 0.632. The third-order valence-electron chi connectivity index (χ3n) is 4.92. The van der Waals surface area contributed by atoms with Gasteiger partial charge in [-0.15, -0.1) is 0 Å². The van der Waals surface area contributed by atoms with Gasteiger partial charge < -0.3 is 10.6 Å². The van der Waals surface area contributed by atoms with E-state index in [1.807, 2.05) is 0 Å². The fourth-order valence-electron chi connectivity index (χ4n) is 3.64. The molecule has 0 heterocycles. The first-order valence-electron chi connectivity index (χ1n) is 9.16. The van der Waals surface area contributed by atoms with Crippen LogP contribution in [0.1, 0.15) is 64.2 Å². The van der Waals surface area contributed by atoms with Crippen molar-refractivity contribution in [3.05, 3.63) is 28.7 Å². The van der Waals surface area contributed by atoms with Gasteiger partial charge in [0.25, 0.3) is 0 Å². The molecule has 2 aliphatic carbocycles. The van der Waals surface area contributed by atoms with Crippen LogP contribution in [0.25, 0.3) is 0 Å². The van der Waals surface area contributed by atoms with Gasteiger partial charge in [0.05, 0.1) is 6.04 Å². The summed E-state index contributed by atoms with van der Waals surface area (Å²) in [4.78, 5) is 5.03. The second kappa shape index (κ2) is 8.72. The van der Waals surface area contributed by atoms with Crippen molar-refractivity contribution in [2.24, 2.45) is 4.99 Å². The van der Waals surface area contributed by atoms with E-state index in [2.05, 4.69) is 50.8 Å². The summed E-state index contributed by atoms with van der Waals surface area (Å²) < 4.78 is 1.09. The third kappa shape index (κ3) is 5.52. The van der Waals surface area contributed by atoms with Crippen LogP contribution in [0.4, 0.5) is 5.69 Å². The number of nitrogens with one attached hydrogen (secondary N) is 2. The van der Waals surface area contributed by atoms with Crippen LogP contribution in [0.15, 0.2) is 33.7 Å². The van der Waals surface area contributed by atoms with E-state index in [0.717, 1.165) is 16.1 Å². The van der Waals surface area contributed by atoms with Crippen LogP contribution in [0.2, 0.25) is 0 Å². The lowest BCUT2D eigenvalue weighted by molar-refractivity contribution is 0.408. The Balaban J connectivity index is 1.70. The van der Waals surface area contributed by atoms with E-state index in [9.17, 15) is 0 Å². The molecule has 1 aromatic carbocycles. The number of anilines is 1. The number of nitrogens with zero attached hydrogens (tertiary/aromatic N) is 1. The molecular formula is C19H28BrN3. The molecule has 3 nitrogen and oxygen atoms in total. The summed E-state index contributed by atoms with van der Waals surface area (Å²) in [5, 5.41) is 7.22. The third-order valence-corrected chi connectivity index (χ3v) is 5.41. The molecule has 0 saturated heterocycles. The number of rotatable bonds is 3. The minimum atomic E-state index is 0.481. The molecule has 0 aromatic heterocycles. The van der Waals surface area contributed by atoms with Crippen LogP contribution in [0.3, 0.4) is 0 Å². The molecule has 0 radical (unpaired) electrons. The zero-order valence-electron chi connectivity index (χ0n) is 13.9. The maximum Gasteiger partial charge on any atom is 0.196 e. The SMILES string of the molecule is Brc1cccc(NC(=NC2CCCCC2)NC2CCCCC2)c1. The van der Waals surface area contributed by atoms with E-state index in [-0.39, 0.29) is 0 Å². The molecule has 2 saturated carbocycles. The van der Waals surface area contributed by atoms with Crippen molar-refractivity contribution in [3.63, 3.8) is 0 Å². The molecule has 2 aliphatic rings. The van der Waals surface area contributed by atoms with E-state index in [1.165, 1.54) is 64.2 Å². The molecular weight excluding hydrogens is 350 g/mol. The second-order valence-corrected chi connectivity index (χ2v) is 7.80. The van der Waals surface area contributed by atoms with Crippen molar-refractivity contribution in [1.82, 2.24) is 5.32 Å². The van der Waals surface area contributed by atoms with Gasteiger partial charge in [-0.1, -0.05) is 60.5 Å². The normalized spacial score (nSPS) is 21.2. The molecule has 2 fully saturated rings. The van der Waals surface area contributed by atoms with Crippen molar-refractivity contribution in [2.45, 2.75) is 76.3 Å². The maximum absolute atomic E-state index is 5.03. The highest BCUT2D eigenvalue weighted by molar-refractivity contribution is 9.10. The molecule has 1 aromatic rings. The Kier molecular flexibility index (Phi) is 6.37. The highest BCUT2D eigenvalue weighted by atomic mass is 79.9. The van der Waals surface area contributed by atoms with Crippen LogP contribution in [-0.2, 0) is 0 Å². The lowest BCUT2D eigenvalue weighted by Gasteiger charge is -2.27. The van der Waals surface area contributed by atoms with E-state index in [4.69, 9.17) is 4.99 Å². The zero-order chi connectivity index (χ0) is 15.9. The molecule has 2 N–H and O–H groups in total. The van der Waals surface area contributed by atoms with Gasteiger partial charge in [-0.25, -0.2) is 4.99 Å². The molecule has 4 heteroatoms. The zero-order valence-corrected chi connectivity index (χ0v) is 15.4. The summed E-state index contributed by atoms with van der Waals surface area (Å²) in [6.07, 6.45) is 13.1. The number of halogens is 1. The van der Waals surface area contributed by atoms with Crippen molar-refractivity contribution < 1.29 is 0 Å². The smallest absolute Gasteiger partial charge is 0.196 e. The fourth-order valence-corrected chi connectivity index (χ4v) is 4.04. The first kappa shape index (κ1) is 16.8. The highest BCUT2D eigenvalue weighted by Gasteiger charge is 2.17. The van der Waals surface area contributed by atoms with Gasteiger partial charge in [0, 0.05) is 16.2 Å². The van der Waals surface area contributed by atoms with Crippen molar-refractivity contribution in [1.29, 1.82) is 0 Å². The average molecular weight is 378 g/mol. The number of benzene rings is 1. The van der Waals surface area contributed by atoms with E-state index >= 15 is 0 Å². The predicted molar refractivity (Wildman–Crippen MR) is 102 cm³/mol. The van der Waals surface area contributed by atoms with Gasteiger partial charge in [0.1, 0.15) is 0 Å². The minimum absolute atomic E-state index is 0.481. The Morgan fingerprint density at radius 1 is 0.957 bits per heavy atom. The van der Waals surface area contributed by atoms with Gasteiger partial charge in [-0.05, 0) is 43.9 Å². The minimum Gasteiger partial charge on any atom is -0.353 e.